The quantitative estimate of drug-likeness (QED) is 0.629. The van der Waals surface area contributed by atoms with E-state index in [-0.39, 0.29) is 12.3 Å². The van der Waals surface area contributed by atoms with Gasteiger partial charge in [-0.25, -0.2) is 4.98 Å². The lowest BCUT2D eigenvalue weighted by molar-refractivity contribution is -0.117. The van der Waals surface area contributed by atoms with Gasteiger partial charge in [-0.15, -0.1) is 11.3 Å². The summed E-state index contributed by atoms with van der Waals surface area (Å²) in [6.45, 7) is 0. The second-order valence-electron chi connectivity index (χ2n) is 1.74. The summed E-state index contributed by atoms with van der Waals surface area (Å²) in [5, 5.41) is 10.7. The second-order valence-corrected chi connectivity index (χ2v) is 2.69. The summed E-state index contributed by atoms with van der Waals surface area (Å²) in [7, 11) is 0. The number of carbonyl (C=O) groups excluding carboxylic acids is 1. The molecule has 1 heterocycles. The van der Waals surface area contributed by atoms with Crippen LogP contribution in [0, 0.1) is 0 Å². The Morgan fingerprint density at radius 2 is 2.60 bits per heavy atom. The highest BCUT2D eigenvalue weighted by Crippen LogP contribution is 2.14. The highest BCUT2D eigenvalue weighted by molar-refractivity contribution is 7.09. The van der Waals surface area contributed by atoms with E-state index in [1.54, 1.807) is 0 Å². The van der Waals surface area contributed by atoms with E-state index >= 15 is 0 Å². The van der Waals surface area contributed by atoms with Crippen molar-refractivity contribution in [2.75, 3.05) is 0 Å². The van der Waals surface area contributed by atoms with Crippen molar-refractivity contribution in [2.24, 2.45) is 5.73 Å². The third-order valence-electron chi connectivity index (χ3n) is 0.865. The SMILES string of the molecule is NC(=O)Cc1nc(O)cs1. The van der Waals surface area contributed by atoms with Gasteiger partial charge in [-0.1, -0.05) is 0 Å². The van der Waals surface area contributed by atoms with Crippen molar-refractivity contribution in [1.82, 2.24) is 4.98 Å². The van der Waals surface area contributed by atoms with Gasteiger partial charge in [0.15, 0.2) is 0 Å². The molecule has 0 aromatic carbocycles. The van der Waals surface area contributed by atoms with Crippen LogP contribution in [-0.2, 0) is 11.2 Å². The van der Waals surface area contributed by atoms with Crippen LogP contribution >= 0.6 is 11.3 Å². The number of nitrogens with two attached hydrogens (primary N) is 1. The van der Waals surface area contributed by atoms with Gasteiger partial charge in [0.25, 0.3) is 0 Å². The summed E-state index contributed by atoms with van der Waals surface area (Å²) in [5.74, 6) is -0.490. The molecular weight excluding hydrogens is 152 g/mol. The molecule has 4 nitrogen and oxygen atoms in total. The highest BCUT2D eigenvalue weighted by atomic mass is 32.1. The molecule has 0 aliphatic heterocycles. The number of thiazole rings is 1. The number of aromatic hydroxyl groups is 1. The molecule has 0 atom stereocenters. The molecule has 0 unspecified atom stereocenters. The van der Waals surface area contributed by atoms with Crippen LogP contribution in [0.5, 0.6) is 5.88 Å². The van der Waals surface area contributed by atoms with Crippen LogP contribution in [0.25, 0.3) is 0 Å². The van der Waals surface area contributed by atoms with Gasteiger partial charge in [0, 0.05) is 0 Å². The Labute approximate surface area is 61.3 Å². The molecule has 1 amide bonds. The molecule has 0 fully saturated rings. The highest BCUT2D eigenvalue weighted by Gasteiger charge is 2.02. The number of aromatic nitrogens is 1. The molecule has 0 aliphatic carbocycles. The molecule has 5 heteroatoms. The maximum atomic E-state index is 10.3. The third kappa shape index (κ3) is 1.70. The molecule has 0 aliphatic rings. The number of nitrogens with zero attached hydrogens (tertiary/aromatic N) is 1. The van der Waals surface area contributed by atoms with Crippen LogP contribution in [-0.4, -0.2) is 16.0 Å². The second kappa shape index (κ2) is 2.66. The molecular formula is C5H6N2O2S. The molecule has 3 N–H and O–H groups in total. The molecule has 0 radical (unpaired) electrons. The first-order valence-corrected chi connectivity index (χ1v) is 3.48. The minimum Gasteiger partial charge on any atom is -0.493 e. The molecule has 54 valence electrons. The van der Waals surface area contributed by atoms with E-state index in [2.05, 4.69) is 4.98 Å². The fraction of sp³-hybridized carbons (Fsp3) is 0.200. The number of hydrogen-bond acceptors (Lipinski definition) is 4. The van der Waals surface area contributed by atoms with Gasteiger partial charge in [0.05, 0.1) is 11.8 Å². The number of rotatable bonds is 2. The number of carbonyl (C=O) groups is 1. The average molecular weight is 158 g/mol. The Balaban J connectivity index is 2.67. The Hall–Kier alpha value is -1.10. The maximum absolute atomic E-state index is 10.3. The summed E-state index contributed by atoms with van der Waals surface area (Å²) in [6, 6.07) is 0. The Kier molecular flexibility index (Phi) is 1.86. The number of amides is 1. The van der Waals surface area contributed by atoms with Crippen molar-refractivity contribution in [3.63, 3.8) is 0 Å². The lowest BCUT2D eigenvalue weighted by Crippen LogP contribution is -2.13. The normalized spacial score (nSPS) is 9.60. The number of hydrogen-bond donors (Lipinski definition) is 2. The van der Waals surface area contributed by atoms with E-state index in [4.69, 9.17) is 10.8 Å². The minimum atomic E-state index is -0.436. The van der Waals surface area contributed by atoms with Gasteiger partial charge in [-0.2, -0.15) is 0 Å². The predicted molar refractivity (Wildman–Crippen MR) is 36.7 cm³/mol. The van der Waals surface area contributed by atoms with E-state index in [0.29, 0.717) is 5.01 Å². The zero-order valence-electron chi connectivity index (χ0n) is 5.07. The van der Waals surface area contributed by atoms with E-state index in [9.17, 15) is 4.79 Å². The molecule has 10 heavy (non-hydrogen) atoms. The van der Waals surface area contributed by atoms with Crippen molar-refractivity contribution in [1.29, 1.82) is 0 Å². The molecule has 1 aromatic rings. The molecule has 0 bridgehead atoms. The van der Waals surface area contributed by atoms with E-state index < -0.39 is 5.91 Å². The number of primary amides is 1. The first-order valence-electron chi connectivity index (χ1n) is 2.60. The topological polar surface area (TPSA) is 76.2 Å². The van der Waals surface area contributed by atoms with E-state index in [1.165, 1.54) is 16.7 Å². The van der Waals surface area contributed by atoms with Crippen LogP contribution in [0.3, 0.4) is 0 Å². The van der Waals surface area contributed by atoms with Crippen LogP contribution in [0.4, 0.5) is 0 Å². The van der Waals surface area contributed by atoms with Gasteiger partial charge in [-0.05, 0) is 0 Å². The van der Waals surface area contributed by atoms with Gasteiger partial charge < -0.3 is 10.8 Å². The summed E-state index contributed by atoms with van der Waals surface area (Å²) >= 11 is 1.22. The zero-order chi connectivity index (χ0) is 7.56. The summed E-state index contributed by atoms with van der Waals surface area (Å²) in [5.41, 5.74) is 4.88. The van der Waals surface area contributed by atoms with E-state index in [1.807, 2.05) is 0 Å². The Morgan fingerprint density at radius 1 is 1.90 bits per heavy atom. The van der Waals surface area contributed by atoms with Crippen LogP contribution in [0.2, 0.25) is 0 Å². The molecule has 1 aromatic heterocycles. The summed E-state index contributed by atoms with van der Waals surface area (Å²) in [6.07, 6.45) is 0.102. The first-order chi connectivity index (χ1) is 4.68. The van der Waals surface area contributed by atoms with E-state index in [0.717, 1.165) is 0 Å². The molecule has 0 saturated carbocycles. The van der Waals surface area contributed by atoms with Crippen molar-refractivity contribution < 1.29 is 9.90 Å². The standard InChI is InChI=1S/C5H6N2O2S/c6-3(8)1-5-7-4(9)2-10-5/h2,9H,1H2,(H2,6,8). The van der Waals surface area contributed by atoms with Crippen molar-refractivity contribution in [3.8, 4) is 5.88 Å². The van der Waals surface area contributed by atoms with Crippen LogP contribution < -0.4 is 5.73 Å². The van der Waals surface area contributed by atoms with Crippen molar-refractivity contribution >= 4 is 17.2 Å². The van der Waals surface area contributed by atoms with Gasteiger partial charge in [0.2, 0.25) is 11.8 Å². The largest absolute Gasteiger partial charge is 0.493 e. The van der Waals surface area contributed by atoms with Crippen LogP contribution in [0.15, 0.2) is 5.38 Å². The van der Waals surface area contributed by atoms with Crippen LogP contribution in [0.1, 0.15) is 5.01 Å². The monoisotopic (exact) mass is 158 g/mol. The lowest BCUT2D eigenvalue weighted by Gasteiger charge is -1.85. The first kappa shape index (κ1) is 7.01. The zero-order valence-corrected chi connectivity index (χ0v) is 5.89. The fourth-order valence-corrected chi connectivity index (χ4v) is 1.20. The van der Waals surface area contributed by atoms with Crippen molar-refractivity contribution in [3.05, 3.63) is 10.4 Å². The Bertz CT molecular complexity index is 246. The van der Waals surface area contributed by atoms with Gasteiger partial charge in [0.1, 0.15) is 5.01 Å². The average Bonchev–Trinajstić information content (AvgIpc) is 2.13. The fourth-order valence-electron chi connectivity index (χ4n) is 0.531. The minimum absolute atomic E-state index is 0.0544. The Morgan fingerprint density at radius 3 is 3.00 bits per heavy atom. The summed E-state index contributed by atoms with van der Waals surface area (Å²) in [4.78, 5) is 13.9. The third-order valence-corrected chi connectivity index (χ3v) is 1.70. The summed E-state index contributed by atoms with van der Waals surface area (Å²) < 4.78 is 0. The lowest BCUT2D eigenvalue weighted by atomic mass is 10.4. The molecule has 0 saturated heterocycles. The van der Waals surface area contributed by atoms with Crippen molar-refractivity contribution in [2.45, 2.75) is 6.42 Å². The maximum Gasteiger partial charge on any atom is 0.224 e. The predicted octanol–water partition coefficient (Wildman–Crippen LogP) is -0.124. The smallest absolute Gasteiger partial charge is 0.224 e. The molecule has 1 rings (SSSR count). The van der Waals surface area contributed by atoms with Gasteiger partial charge in [-0.3, -0.25) is 4.79 Å². The molecule has 0 spiro atoms. The van der Waals surface area contributed by atoms with Gasteiger partial charge >= 0.3 is 0 Å².